The van der Waals surface area contributed by atoms with Crippen LogP contribution in [-0.2, 0) is 4.79 Å². The molecule has 6 heteroatoms. The van der Waals surface area contributed by atoms with Gasteiger partial charge in [-0.2, -0.15) is 0 Å². The zero-order valence-electron chi connectivity index (χ0n) is 11.9. The summed E-state index contributed by atoms with van der Waals surface area (Å²) in [6, 6.07) is 4.87. The van der Waals surface area contributed by atoms with Crippen LogP contribution in [0.3, 0.4) is 0 Å². The van der Waals surface area contributed by atoms with Crippen LogP contribution in [0.2, 0.25) is 10.0 Å². The van der Waals surface area contributed by atoms with Crippen molar-refractivity contribution < 1.29 is 14.7 Å². The van der Waals surface area contributed by atoms with Crippen molar-refractivity contribution in [3.8, 4) is 0 Å². The Morgan fingerprint density at radius 1 is 1.29 bits per heavy atom. The number of benzene rings is 1. The number of nitrogens with zero attached hydrogens (tertiary/aromatic N) is 1. The molecule has 0 aliphatic carbocycles. The van der Waals surface area contributed by atoms with Gasteiger partial charge in [0.15, 0.2) is 0 Å². The third-order valence-electron chi connectivity index (χ3n) is 4.30. The van der Waals surface area contributed by atoms with Crippen molar-refractivity contribution in [2.45, 2.75) is 20.3 Å². The van der Waals surface area contributed by atoms with Crippen molar-refractivity contribution in [1.29, 1.82) is 0 Å². The van der Waals surface area contributed by atoms with E-state index in [0.29, 0.717) is 13.0 Å². The minimum Gasteiger partial charge on any atom is -0.481 e. The number of rotatable bonds is 3. The monoisotopic (exact) mass is 329 g/mol. The van der Waals surface area contributed by atoms with Gasteiger partial charge in [-0.25, -0.2) is 0 Å². The molecule has 0 radical (unpaired) electrons. The van der Waals surface area contributed by atoms with Crippen LogP contribution in [0.15, 0.2) is 18.2 Å². The van der Waals surface area contributed by atoms with Crippen molar-refractivity contribution >= 4 is 35.1 Å². The molecule has 1 aromatic rings. The minimum atomic E-state index is -0.899. The molecular formula is C15H17Cl2NO3. The number of carboxylic acid groups (broad SMARTS) is 1. The van der Waals surface area contributed by atoms with Crippen LogP contribution in [0.4, 0.5) is 0 Å². The number of hydrogen-bond acceptors (Lipinski definition) is 2. The first kappa shape index (κ1) is 16.1. The fourth-order valence-electron chi connectivity index (χ4n) is 2.76. The van der Waals surface area contributed by atoms with Crippen LogP contribution in [-0.4, -0.2) is 35.0 Å². The lowest BCUT2D eigenvalue weighted by Gasteiger charge is -2.28. The lowest BCUT2D eigenvalue weighted by Crippen LogP contribution is -2.40. The summed E-state index contributed by atoms with van der Waals surface area (Å²) in [6.45, 7) is 4.31. The Morgan fingerprint density at radius 2 is 1.86 bits per heavy atom. The molecule has 2 rings (SSSR count). The summed E-state index contributed by atoms with van der Waals surface area (Å²) >= 11 is 12.1. The van der Waals surface area contributed by atoms with E-state index in [4.69, 9.17) is 23.2 Å². The fourth-order valence-corrected chi connectivity index (χ4v) is 3.32. The molecule has 1 aliphatic heterocycles. The topological polar surface area (TPSA) is 57.6 Å². The number of aliphatic carboxylic acids is 1. The minimum absolute atomic E-state index is 0.0606. The van der Waals surface area contributed by atoms with Gasteiger partial charge in [0.2, 0.25) is 0 Å². The SMILES string of the molecule is CC(C)C1(C(=O)O)CCN(C(=O)c2c(Cl)cccc2Cl)C1. The average molecular weight is 330 g/mol. The lowest BCUT2D eigenvalue weighted by molar-refractivity contribution is -0.150. The highest BCUT2D eigenvalue weighted by Crippen LogP contribution is 2.39. The number of carbonyl (C=O) groups excluding carboxylic acids is 1. The summed E-state index contributed by atoms with van der Waals surface area (Å²) in [7, 11) is 0. The van der Waals surface area contributed by atoms with Crippen molar-refractivity contribution in [1.82, 2.24) is 4.90 Å². The summed E-state index contributed by atoms with van der Waals surface area (Å²) < 4.78 is 0. The molecule has 0 saturated carbocycles. The summed E-state index contributed by atoms with van der Waals surface area (Å²) in [5.41, 5.74) is -0.658. The standard InChI is InChI=1S/C15H17Cl2NO3/c1-9(2)15(14(20)21)6-7-18(8-15)13(19)12-10(16)4-3-5-11(12)17/h3-5,9H,6-8H2,1-2H3,(H,20,21). The number of carboxylic acids is 1. The Bertz CT molecular complexity index is 568. The van der Waals surface area contributed by atoms with Crippen LogP contribution in [0.25, 0.3) is 0 Å². The predicted octanol–water partition coefficient (Wildman–Crippen LogP) is 3.57. The zero-order chi connectivity index (χ0) is 15.8. The molecule has 1 aliphatic rings. The van der Waals surface area contributed by atoms with Gasteiger partial charge in [0.25, 0.3) is 5.91 Å². The summed E-state index contributed by atoms with van der Waals surface area (Å²) in [6.07, 6.45) is 0.438. The Kier molecular flexibility index (Phi) is 4.49. The largest absolute Gasteiger partial charge is 0.481 e. The average Bonchev–Trinajstić information content (AvgIpc) is 2.84. The molecule has 0 bridgehead atoms. The number of amides is 1. The second-order valence-corrected chi connectivity index (χ2v) is 6.50. The second-order valence-electron chi connectivity index (χ2n) is 5.69. The van der Waals surface area contributed by atoms with E-state index in [0.717, 1.165) is 0 Å². The molecule has 1 fully saturated rings. The Morgan fingerprint density at radius 3 is 2.29 bits per heavy atom. The van der Waals surface area contributed by atoms with Gasteiger partial charge in [-0.15, -0.1) is 0 Å². The number of carbonyl (C=O) groups is 2. The van der Waals surface area contributed by atoms with Crippen molar-refractivity contribution in [3.05, 3.63) is 33.8 Å². The van der Waals surface area contributed by atoms with E-state index >= 15 is 0 Å². The summed E-state index contributed by atoms with van der Waals surface area (Å²) in [5, 5.41) is 10.1. The van der Waals surface area contributed by atoms with Crippen LogP contribution in [0.1, 0.15) is 30.6 Å². The fraction of sp³-hybridized carbons (Fsp3) is 0.467. The van der Waals surface area contributed by atoms with Gasteiger partial charge in [0.1, 0.15) is 0 Å². The quantitative estimate of drug-likeness (QED) is 0.922. The number of likely N-dealkylation sites (tertiary alicyclic amines) is 1. The van der Waals surface area contributed by atoms with Gasteiger partial charge >= 0.3 is 5.97 Å². The molecule has 1 amide bonds. The van der Waals surface area contributed by atoms with Crippen LogP contribution >= 0.6 is 23.2 Å². The smallest absolute Gasteiger partial charge is 0.311 e. The highest BCUT2D eigenvalue weighted by molar-refractivity contribution is 6.39. The molecule has 0 spiro atoms. The van der Waals surface area contributed by atoms with Crippen molar-refractivity contribution in [3.63, 3.8) is 0 Å². The molecule has 1 atom stereocenters. The summed E-state index contributed by atoms with van der Waals surface area (Å²) in [4.78, 5) is 25.7. The molecule has 21 heavy (non-hydrogen) atoms. The van der Waals surface area contributed by atoms with Gasteiger partial charge in [0.05, 0.1) is 21.0 Å². The highest BCUT2D eigenvalue weighted by atomic mass is 35.5. The molecule has 4 nitrogen and oxygen atoms in total. The molecule has 1 heterocycles. The first-order valence-corrected chi connectivity index (χ1v) is 7.52. The Labute approximate surface area is 133 Å². The number of hydrogen-bond donors (Lipinski definition) is 1. The van der Waals surface area contributed by atoms with E-state index < -0.39 is 11.4 Å². The van der Waals surface area contributed by atoms with Gasteiger partial charge in [-0.1, -0.05) is 43.1 Å². The van der Waals surface area contributed by atoms with E-state index in [1.54, 1.807) is 18.2 Å². The molecule has 1 saturated heterocycles. The normalized spacial score (nSPS) is 21.9. The van der Waals surface area contributed by atoms with Gasteiger partial charge in [0, 0.05) is 13.1 Å². The molecule has 114 valence electrons. The maximum absolute atomic E-state index is 12.6. The van der Waals surface area contributed by atoms with Crippen molar-refractivity contribution in [2.24, 2.45) is 11.3 Å². The van der Waals surface area contributed by atoms with Gasteiger partial charge < -0.3 is 10.0 Å². The maximum atomic E-state index is 12.6. The van der Waals surface area contributed by atoms with Gasteiger partial charge in [-0.3, -0.25) is 9.59 Å². The lowest BCUT2D eigenvalue weighted by atomic mass is 9.76. The van der Waals surface area contributed by atoms with E-state index in [9.17, 15) is 14.7 Å². The molecule has 1 aromatic carbocycles. The molecule has 1 N–H and O–H groups in total. The zero-order valence-corrected chi connectivity index (χ0v) is 13.4. The third-order valence-corrected chi connectivity index (χ3v) is 4.93. The first-order valence-electron chi connectivity index (χ1n) is 6.76. The Balaban J connectivity index is 2.29. The second kappa shape index (κ2) is 5.85. The van der Waals surface area contributed by atoms with Crippen LogP contribution in [0.5, 0.6) is 0 Å². The van der Waals surface area contributed by atoms with Crippen LogP contribution < -0.4 is 0 Å². The van der Waals surface area contributed by atoms with E-state index in [-0.39, 0.29) is 34.0 Å². The highest BCUT2D eigenvalue weighted by Gasteiger charge is 2.48. The van der Waals surface area contributed by atoms with E-state index in [1.165, 1.54) is 4.90 Å². The summed E-state index contributed by atoms with van der Waals surface area (Å²) in [5.74, 6) is -1.23. The Hall–Kier alpha value is -1.26. The van der Waals surface area contributed by atoms with E-state index in [1.807, 2.05) is 13.8 Å². The maximum Gasteiger partial charge on any atom is 0.311 e. The first-order chi connectivity index (χ1) is 9.79. The molecular weight excluding hydrogens is 313 g/mol. The molecule has 1 unspecified atom stereocenters. The third kappa shape index (κ3) is 2.74. The predicted molar refractivity (Wildman–Crippen MR) is 81.9 cm³/mol. The van der Waals surface area contributed by atoms with E-state index in [2.05, 4.69) is 0 Å². The number of halogens is 2. The van der Waals surface area contributed by atoms with Gasteiger partial charge in [-0.05, 0) is 24.5 Å². The molecule has 0 aromatic heterocycles. The van der Waals surface area contributed by atoms with Crippen LogP contribution in [0, 0.1) is 11.3 Å². The van der Waals surface area contributed by atoms with Crippen molar-refractivity contribution in [2.75, 3.05) is 13.1 Å².